The van der Waals surface area contributed by atoms with E-state index in [1.807, 2.05) is 48.5 Å². The van der Waals surface area contributed by atoms with Gasteiger partial charge in [0.1, 0.15) is 18.2 Å². The zero-order valence-electron chi connectivity index (χ0n) is 17.1. The van der Waals surface area contributed by atoms with Gasteiger partial charge in [0.05, 0.1) is 5.92 Å². The Kier molecular flexibility index (Phi) is 6.16. The van der Waals surface area contributed by atoms with Crippen molar-refractivity contribution in [2.24, 2.45) is 5.92 Å². The Bertz CT molecular complexity index is 1100. The number of carbonyl (C=O) groups is 2. The molecular formula is C25H21F2NO4. The van der Waals surface area contributed by atoms with Crippen molar-refractivity contribution < 1.29 is 28.2 Å². The molecule has 164 valence electrons. The predicted molar refractivity (Wildman–Crippen MR) is 114 cm³/mol. The maximum absolute atomic E-state index is 13.4. The number of hydrogen-bond acceptors (Lipinski definition) is 3. The van der Waals surface area contributed by atoms with Gasteiger partial charge in [-0.05, 0) is 46.4 Å². The fourth-order valence-electron chi connectivity index (χ4n) is 4.12. The molecule has 1 aliphatic carbocycles. The SMILES string of the molecule is O=C(NC[C@H](Cc1cc(F)cc(F)c1)C(=O)O)OCC1c2ccccc2-c2ccccc21. The van der Waals surface area contributed by atoms with Gasteiger partial charge in [-0.1, -0.05) is 48.5 Å². The zero-order chi connectivity index (χ0) is 22.7. The first-order chi connectivity index (χ1) is 15.4. The molecule has 2 N–H and O–H groups in total. The molecule has 0 bridgehead atoms. The normalized spacial score (nSPS) is 13.2. The number of rotatable bonds is 7. The monoisotopic (exact) mass is 437 g/mol. The summed E-state index contributed by atoms with van der Waals surface area (Å²) in [6.07, 6.45) is -0.878. The van der Waals surface area contributed by atoms with Crippen molar-refractivity contribution in [2.45, 2.75) is 12.3 Å². The molecule has 7 heteroatoms. The first-order valence-electron chi connectivity index (χ1n) is 10.2. The minimum Gasteiger partial charge on any atom is -0.481 e. The van der Waals surface area contributed by atoms with Gasteiger partial charge in [0.2, 0.25) is 0 Å². The number of nitrogens with one attached hydrogen (secondary N) is 1. The van der Waals surface area contributed by atoms with Crippen LogP contribution in [0.2, 0.25) is 0 Å². The number of carbonyl (C=O) groups excluding carboxylic acids is 1. The number of carboxylic acids is 1. The number of aliphatic carboxylic acids is 1. The van der Waals surface area contributed by atoms with Gasteiger partial charge in [0.15, 0.2) is 0 Å². The third-order valence-electron chi connectivity index (χ3n) is 5.59. The Hall–Kier alpha value is -3.74. The summed E-state index contributed by atoms with van der Waals surface area (Å²) < 4.78 is 32.1. The molecule has 0 saturated heterocycles. The van der Waals surface area contributed by atoms with Crippen LogP contribution in [0.4, 0.5) is 13.6 Å². The van der Waals surface area contributed by atoms with Gasteiger partial charge in [-0.2, -0.15) is 0 Å². The summed E-state index contributed by atoms with van der Waals surface area (Å²) in [4.78, 5) is 23.8. The number of carboxylic acid groups (broad SMARTS) is 1. The molecule has 0 radical (unpaired) electrons. The maximum Gasteiger partial charge on any atom is 0.407 e. The number of hydrogen-bond donors (Lipinski definition) is 2. The molecule has 3 aromatic carbocycles. The Morgan fingerprint density at radius 2 is 1.50 bits per heavy atom. The van der Waals surface area contributed by atoms with Gasteiger partial charge in [0, 0.05) is 18.5 Å². The lowest BCUT2D eigenvalue weighted by Gasteiger charge is -2.16. The van der Waals surface area contributed by atoms with Crippen molar-refractivity contribution in [1.29, 1.82) is 0 Å². The highest BCUT2D eigenvalue weighted by atomic mass is 19.1. The molecule has 1 aliphatic rings. The van der Waals surface area contributed by atoms with E-state index in [1.165, 1.54) is 0 Å². The lowest BCUT2D eigenvalue weighted by Crippen LogP contribution is -2.35. The summed E-state index contributed by atoms with van der Waals surface area (Å²) in [6, 6.07) is 18.7. The van der Waals surface area contributed by atoms with Crippen molar-refractivity contribution in [3.05, 3.63) is 95.1 Å². The Morgan fingerprint density at radius 1 is 0.938 bits per heavy atom. The third-order valence-corrected chi connectivity index (χ3v) is 5.59. The van der Waals surface area contributed by atoms with E-state index in [1.54, 1.807) is 0 Å². The minimum atomic E-state index is -1.19. The van der Waals surface area contributed by atoms with Crippen LogP contribution < -0.4 is 5.32 Å². The highest BCUT2D eigenvalue weighted by Crippen LogP contribution is 2.44. The van der Waals surface area contributed by atoms with Crippen LogP contribution in [0.15, 0.2) is 66.7 Å². The molecule has 32 heavy (non-hydrogen) atoms. The van der Waals surface area contributed by atoms with Crippen molar-refractivity contribution in [2.75, 3.05) is 13.2 Å². The van der Waals surface area contributed by atoms with E-state index in [2.05, 4.69) is 5.32 Å². The van der Waals surface area contributed by atoms with E-state index in [0.717, 1.165) is 34.4 Å². The summed E-state index contributed by atoms with van der Waals surface area (Å²) >= 11 is 0. The van der Waals surface area contributed by atoms with Crippen LogP contribution in [0.1, 0.15) is 22.6 Å². The quantitative estimate of drug-likeness (QED) is 0.560. The summed E-state index contributed by atoms with van der Waals surface area (Å²) in [5, 5.41) is 11.9. The van der Waals surface area contributed by atoms with Crippen LogP contribution in [0.25, 0.3) is 11.1 Å². The Labute approximate surface area is 183 Å². The van der Waals surface area contributed by atoms with Crippen LogP contribution >= 0.6 is 0 Å². The molecule has 0 heterocycles. The van der Waals surface area contributed by atoms with Gasteiger partial charge in [-0.3, -0.25) is 4.79 Å². The van der Waals surface area contributed by atoms with Crippen molar-refractivity contribution in [3.63, 3.8) is 0 Å². The molecule has 3 aromatic rings. The molecule has 0 unspecified atom stereocenters. The lowest BCUT2D eigenvalue weighted by molar-refractivity contribution is -0.141. The van der Waals surface area contributed by atoms with E-state index >= 15 is 0 Å². The largest absolute Gasteiger partial charge is 0.481 e. The van der Waals surface area contributed by atoms with E-state index < -0.39 is 29.6 Å². The number of benzene rings is 3. The molecule has 1 atom stereocenters. The fourth-order valence-corrected chi connectivity index (χ4v) is 4.12. The number of amides is 1. The molecule has 0 aromatic heterocycles. The molecule has 0 spiro atoms. The average molecular weight is 437 g/mol. The highest BCUT2D eigenvalue weighted by molar-refractivity contribution is 5.79. The molecular weight excluding hydrogens is 416 g/mol. The van der Waals surface area contributed by atoms with Gasteiger partial charge in [-0.25, -0.2) is 13.6 Å². The second-order valence-electron chi connectivity index (χ2n) is 7.72. The highest BCUT2D eigenvalue weighted by Gasteiger charge is 2.29. The number of ether oxygens (including phenoxy) is 1. The van der Waals surface area contributed by atoms with Crippen molar-refractivity contribution in [1.82, 2.24) is 5.32 Å². The van der Waals surface area contributed by atoms with E-state index in [9.17, 15) is 23.5 Å². The molecule has 5 nitrogen and oxygen atoms in total. The molecule has 0 aliphatic heterocycles. The van der Waals surface area contributed by atoms with Crippen LogP contribution in [-0.2, 0) is 16.0 Å². The van der Waals surface area contributed by atoms with Crippen LogP contribution in [0, 0.1) is 17.6 Å². The predicted octanol–water partition coefficient (Wildman–Crippen LogP) is 4.75. The molecule has 0 fully saturated rings. The van der Waals surface area contributed by atoms with Crippen LogP contribution in [0.3, 0.4) is 0 Å². The second kappa shape index (κ2) is 9.18. The van der Waals surface area contributed by atoms with E-state index in [-0.39, 0.29) is 31.1 Å². The topological polar surface area (TPSA) is 75.6 Å². The Morgan fingerprint density at radius 3 is 2.06 bits per heavy atom. The summed E-state index contributed by atoms with van der Waals surface area (Å²) in [5.74, 6) is -3.92. The second-order valence-corrected chi connectivity index (χ2v) is 7.72. The van der Waals surface area contributed by atoms with Crippen molar-refractivity contribution in [3.8, 4) is 11.1 Å². The number of halogens is 2. The molecule has 0 saturated carbocycles. The third kappa shape index (κ3) is 4.61. The molecule has 4 rings (SSSR count). The minimum absolute atomic E-state index is 0.104. The number of fused-ring (bicyclic) bond motifs is 3. The Balaban J connectivity index is 1.37. The standard InChI is InChI=1S/C25H21F2NO4/c26-17-10-15(11-18(27)12-17)9-16(24(29)30)13-28-25(31)32-14-23-21-7-3-1-5-19(21)20-6-2-4-8-22(20)23/h1-8,10-12,16,23H,9,13-14H2,(H,28,31)(H,29,30)/t16-/m0/s1. The van der Waals surface area contributed by atoms with Gasteiger partial charge < -0.3 is 15.2 Å². The van der Waals surface area contributed by atoms with E-state index in [4.69, 9.17) is 4.74 Å². The summed E-state index contributed by atoms with van der Waals surface area (Å²) in [6.45, 7) is -0.128. The maximum atomic E-state index is 13.4. The van der Waals surface area contributed by atoms with Gasteiger partial charge >= 0.3 is 12.1 Å². The summed E-state index contributed by atoms with van der Waals surface area (Å²) in [7, 11) is 0. The average Bonchev–Trinajstić information content (AvgIpc) is 3.08. The first kappa shape index (κ1) is 21.5. The number of alkyl carbamates (subject to hydrolysis) is 1. The smallest absolute Gasteiger partial charge is 0.407 e. The lowest BCUT2D eigenvalue weighted by atomic mass is 9.98. The summed E-state index contributed by atoms with van der Waals surface area (Å²) in [5.41, 5.74) is 4.54. The van der Waals surface area contributed by atoms with Crippen LogP contribution in [0.5, 0.6) is 0 Å². The van der Waals surface area contributed by atoms with Crippen LogP contribution in [-0.4, -0.2) is 30.3 Å². The first-order valence-corrected chi connectivity index (χ1v) is 10.2. The van der Waals surface area contributed by atoms with Crippen molar-refractivity contribution >= 4 is 12.1 Å². The van der Waals surface area contributed by atoms with E-state index in [0.29, 0.717) is 6.07 Å². The zero-order valence-corrected chi connectivity index (χ0v) is 17.1. The molecule has 1 amide bonds. The van der Waals surface area contributed by atoms with Gasteiger partial charge in [-0.15, -0.1) is 0 Å². The van der Waals surface area contributed by atoms with Gasteiger partial charge in [0.25, 0.3) is 0 Å². The fraction of sp³-hybridized carbons (Fsp3) is 0.200.